The number of pyridine rings is 1. The minimum Gasteiger partial charge on any atom is -0.393 e. The predicted molar refractivity (Wildman–Crippen MR) is 145 cm³/mol. The van der Waals surface area contributed by atoms with Gasteiger partial charge in [-0.05, 0) is 72.9 Å². The van der Waals surface area contributed by atoms with Gasteiger partial charge in [-0.2, -0.15) is 4.98 Å². The molecule has 4 heterocycles. The van der Waals surface area contributed by atoms with Crippen molar-refractivity contribution in [2.45, 2.75) is 31.9 Å². The van der Waals surface area contributed by atoms with Gasteiger partial charge in [0.1, 0.15) is 5.82 Å². The van der Waals surface area contributed by atoms with Crippen LogP contribution in [0.15, 0.2) is 67.0 Å². The van der Waals surface area contributed by atoms with Gasteiger partial charge in [0.2, 0.25) is 5.95 Å². The van der Waals surface area contributed by atoms with Crippen LogP contribution in [0.5, 0.6) is 0 Å². The summed E-state index contributed by atoms with van der Waals surface area (Å²) < 4.78 is 17.4. The summed E-state index contributed by atoms with van der Waals surface area (Å²) in [4.78, 5) is 20.1. The molecule has 1 fully saturated rings. The number of benzene rings is 2. The minimum atomic E-state index is -0.343. The molecule has 5 aromatic rings. The van der Waals surface area contributed by atoms with Crippen LogP contribution in [0.3, 0.4) is 0 Å². The number of fused-ring (bicyclic) bond motifs is 2. The van der Waals surface area contributed by atoms with E-state index < -0.39 is 0 Å². The van der Waals surface area contributed by atoms with Gasteiger partial charge in [-0.3, -0.25) is 4.79 Å². The van der Waals surface area contributed by atoms with Gasteiger partial charge in [0.25, 0.3) is 5.91 Å². The van der Waals surface area contributed by atoms with E-state index in [9.17, 15) is 14.3 Å². The Morgan fingerprint density at radius 2 is 1.89 bits per heavy atom. The highest BCUT2D eigenvalue weighted by molar-refractivity contribution is 6.08. The first kappa shape index (κ1) is 24.1. The van der Waals surface area contributed by atoms with Crippen LogP contribution >= 0.6 is 0 Å². The lowest BCUT2D eigenvalue weighted by Crippen LogP contribution is -2.36. The number of aliphatic hydroxyl groups is 1. The molecule has 3 aromatic heterocycles. The Kier molecular flexibility index (Phi) is 6.07. The van der Waals surface area contributed by atoms with Gasteiger partial charge in [0, 0.05) is 43.4 Å². The molecule has 8 nitrogen and oxygen atoms in total. The maximum absolute atomic E-state index is 13.7. The zero-order chi connectivity index (χ0) is 26.4. The van der Waals surface area contributed by atoms with Gasteiger partial charge < -0.3 is 19.9 Å². The third-order valence-corrected chi connectivity index (χ3v) is 7.34. The SMILES string of the molecule is CC(NC(=O)c1cn(C)c2ccc(-c3ccn4nc(N5CCC(O)CC5)nc4c3)cc12)c1cccc(F)c1. The number of amides is 1. The maximum Gasteiger partial charge on any atom is 0.253 e. The van der Waals surface area contributed by atoms with Crippen LogP contribution in [0.2, 0.25) is 0 Å². The number of piperidine rings is 1. The smallest absolute Gasteiger partial charge is 0.253 e. The number of halogens is 1. The van der Waals surface area contributed by atoms with Gasteiger partial charge in [0.15, 0.2) is 5.65 Å². The second-order valence-corrected chi connectivity index (χ2v) is 9.98. The van der Waals surface area contributed by atoms with E-state index in [0.717, 1.165) is 53.6 Å². The molecule has 2 N–H and O–H groups in total. The minimum absolute atomic E-state index is 0.214. The van der Waals surface area contributed by atoms with Crippen LogP contribution in [0.4, 0.5) is 10.3 Å². The average molecular weight is 513 g/mol. The number of hydrogen-bond donors (Lipinski definition) is 2. The van der Waals surface area contributed by atoms with Crippen molar-refractivity contribution in [1.29, 1.82) is 0 Å². The summed E-state index contributed by atoms with van der Waals surface area (Å²) in [5, 5.41) is 18.3. The fourth-order valence-electron chi connectivity index (χ4n) is 5.14. The summed E-state index contributed by atoms with van der Waals surface area (Å²) in [7, 11) is 1.91. The Balaban J connectivity index is 1.29. The number of nitrogens with zero attached hydrogens (tertiary/aromatic N) is 5. The van der Waals surface area contributed by atoms with Crippen molar-refractivity contribution in [3.63, 3.8) is 0 Å². The molecule has 9 heteroatoms. The Morgan fingerprint density at radius 3 is 2.68 bits per heavy atom. The molecule has 194 valence electrons. The van der Waals surface area contributed by atoms with E-state index in [1.54, 1.807) is 16.6 Å². The highest BCUT2D eigenvalue weighted by Gasteiger charge is 2.21. The fourth-order valence-corrected chi connectivity index (χ4v) is 5.14. The first-order valence-electron chi connectivity index (χ1n) is 12.8. The van der Waals surface area contributed by atoms with Crippen LogP contribution < -0.4 is 10.2 Å². The molecule has 0 bridgehead atoms. The fraction of sp³-hybridized carbons (Fsp3) is 0.276. The number of aromatic nitrogens is 4. The summed E-state index contributed by atoms with van der Waals surface area (Å²) in [5.41, 5.74) is 4.88. The third-order valence-electron chi connectivity index (χ3n) is 7.34. The summed E-state index contributed by atoms with van der Waals surface area (Å²) in [5.74, 6) is 0.123. The molecule has 1 aliphatic rings. The number of rotatable bonds is 5. The number of aryl methyl sites for hydroxylation is 1. The number of nitrogens with one attached hydrogen (secondary N) is 1. The molecule has 0 aliphatic carbocycles. The Bertz CT molecular complexity index is 1650. The maximum atomic E-state index is 13.7. The van der Waals surface area contributed by atoms with Gasteiger partial charge in [-0.15, -0.1) is 5.10 Å². The predicted octanol–water partition coefficient (Wildman–Crippen LogP) is 4.48. The molecule has 1 unspecified atom stereocenters. The molecule has 38 heavy (non-hydrogen) atoms. The molecule has 6 rings (SSSR count). The zero-order valence-electron chi connectivity index (χ0n) is 21.3. The van der Waals surface area contributed by atoms with E-state index in [0.29, 0.717) is 17.1 Å². The van der Waals surface area contributed by atoms with Crippen molar-refractivity contribution >= 4 is 28.4 Å². The Hall–Kier alpha value is -4.24. The number of carbonyl (C=O) groups excluding carboxylic acids is 1. The second kappa shape index (κ2) is 9.57. The summed E-state index contributed by atoms with van der Waals surface area (Å²) in [6.07, 6.45) is 4.90. The van der Waals surface area contributed by atoms with Gasteiger partial charge in [0.05, 0.1) is 17.7 Å². The Morgan fingerprint density at radius 1 is 1.11 bits per heavy atom. The molecule has 0 spiro atoms. The lowest BCUT2D eigenvalue weighted by molar-refractivity contribution is 0.0941. The molecule has 0 saturated carbocycles. The molecular formula is C29H29FN6O2. The molecule has 1 aliphatic heterocycles. The normalized spacial score (nSPS) is 15.3. The highest BCUT2D eigenvalue weighted by atomic mass is 19.1. The van der Waals surface area contributed by atoms with Crippen LogP contribution in [0, 0.1) is 5.82 Å². The van der Waals surface area contributed by atoms with Gasteiger partial charge in [-0.25, -0.2) is 8.91 Å². The van der Waals surface area contributed by atoms with Crippen molar-refractivity contribution in [2.24, 2.45) is 7.05 Å². The van der Waals surface area contributed by atoms with Crippen molar-refractivity contribution in [2.75, 3.05) is 18.0 Å². The van der Waals surface area contributed by atoms with E-state index in [-0.39, 0.29) is 23.9 Å². The second-order valence-electron chi connectivity index (χ2n) is 9.98. The summed E-state index contributed by atoms with van der Waals surface area (Å²) in [6, 6.07) is 16.0. The molecular weight excluding hydrogens is 483 g/mol. The summed E-state index contributed by atoms with van der Waals surface area (Å²) >= 11 is 0. The molecule has 1 saturated heterocycles. The van der Waals surface area contributed by atoms with Crippen LogP contribution in [-0.4, -0.2) is 49.4 Å². The van der Waals surface area contributed by atoms with E-state index >= 15 is 0 Å². The van der Waals surface area contributed by atoms with Crippen molar-refractivity contribution in [1.82, 2.24) is 24.5 Å². The average Bonchev–Trinajstić information content (AvgIpc) is 3.49. The molecule has 1 amide bonds. The Labute approximate surface area is 219 Å². The van der Waals surface area contributed by atoms with Crippen LogP contribution in [0.1, 0.15) is 41.7 Å². The van der Waals surface area contributed by atoms with E-state index in [2.05, 4.69) is 15.3 Å². The lowest BCUT2D eigenvalue weighted by Gasteiger charge is -2.28. The van der Waals surface area contributed by atoms with Crippen molar-refractivity contribution in [3.05, 3.63) is 83.9 Å². The van der Waals surface area contributed by atoms with Crippen molar-refractivity contribution < 1.29 is 14.3 Å². The zero-order valence-corrected chi connectivity index (χ0v) is 21.3. The summed E-state index contributed by atoms with van der Waals surface area (Å²) in [6.45, 7) is 3.31. The first-order chi connectivity index (χ1) is 18.4. The van der Waals surface area contributed by atoms with E-state index in [1.165, 1.54) is 12.1 Å². The topological polar surface area (TPSA) is 87.7 Å². The highest BCUT2D eigenvalue weighted by Crippen LogP contribution is 2.29. The van der Waals surface area contributed by atoms with E-state index in [1.807, 2.05) is 61.3 Å². The molecule has 1 atom stereocenters. The lowest BCUT2D eigenvalue weighted by atomic mass is 10.0. The number of aliphatic hydroxyl groups excluding tert-OH is 1. The largest absolute Gasteiger partial charge is 0.393 e. The van der Waals surface area contributed by atoms with Crippen LogP contribution in [0.25, 0.3) is 27.7 Å². The van der Waals surface area contributed by atoms with Gasteiger partial charge in [-0.1, -0.05) is 18.2 Å². The quantitative estimate of drug-likeness (QED) is 0.363. The molecule has 0 radical (unpaired) electrons. The first-order valence-corrected chi connectivity index (χ1v) is 12.8. The standard InChI is InChI=1S/C29H29FN6O2/c1-18(19-4-3-5-22(30)14-19)31-28(38)25-17-34(2)26-7-6-20(15-24(25)26)21-8-13-36-27(16-21)32-29(33-36)35-11-9-23(37)10-12-35/h3-8,13-18,23,37H,9-12H2,1-2H3,(H,31,38). The molecule has 2 aromatic carbocycles. The number of hydrogen-bond acceptors (Lipinski definition) is 5. The van der Waals surface area contributed by atoms with Crippen molar-refractivity contribution in [3.8, 4) is 11.1 Å². The number of anilines is 1. The number of carbonyl (C=O) groups is 1. The van der Waals surface area contributed by atoms with Gasteiger partial charge >= 0.3 is 0 Å². The van der Waals surface area contributed by atoms with E-state index in [4.69, 9.17) is 4.98 Å². The third kappa shape index (κ3) is 4.50. The monoisotopic (exact) mass is 512 g/mol. The van der Waals surface area contributed by atoms with Crippen LogP contribution in [-0.2, 0) is 7.05 Å².